The number of aryl methyl sites for hydroxylation is 1. The fraction of sp³-hybridized carbons (Fsp3) is 0.318. The average Bonchev–Trinajstić information content (AvgIpc) is 2.71. The second kappa shape index (κ2) is 9.17. The van der Waals surface area contributed by atoms with Crippen molar-refractivity contribution < 1.29 is 9.47 Å². The van der Waals surface area contributed by atoms with E-state index >= 15 is 0 Å². The fourth-order valence-electron chi connectivity index (χ4n) is 2.91. The van der Waals surface area contributed by atoms with Crippen LogP contribution in [0.4, 0.5) is 0 Å². The van der Waals surface area contributed by atoms with Crippen molar-refractivity contribution in [3.63, 3.8) is 0 Å². The first-order valence-corrected chi connectivity index (χ1v) is 9.47. The van der Waals surface area contributed by atoms with Crippen LogP contribution in [0, 0.1) is 6.92 Å². The summed E-state index contributed by atoms with van der Waals surface area (Å²) in [5.41, 5.74) is 1.28. The minimum absolute atomic E-state index is 0.192. The largest absolute Gasteiger partial charge is 0.493 e. The topological polar surface area (TPSA) is 65.7 Å². The first-order chi connectivity index (χ1) is 13.6. The first kappa shape index (κ1) is 19.6. The number of benzene rings is 2. The summed E-state index contributed by atoms with van der Waals surface area (Å²) in [6, 6.07) is 12.8. The first-order valence-electron chi connectivity index (χ1n) is 9.47. The van der Waals surface area contributed by atoms with E-state index in [0.29, 0.717) is 34.8 Å². The van der Waals surface area contributed by atoms with E-state index in [1.807, 2.05) is 36.4 Å². The van der Waals surface area contributed by atoms with Crippen molar-refractivity contribution in [3.8, 4) is 11.5 Å². The summed E-state index contributed by atoms with van der Waals surface area (Å²) in [6.07, 6.45) is 4.92. The maximum absolute atomic E-state index is 12.7. The molecule has 3 rings (SSSR count). The lowest BCUT2D eigenvalue weighted by atomic mass is 10.2. The zero-order valence-electron chi connectivity index (χ0n) is 16.5. The second-order valence-corrected chi connectivity index (χ2v) is 6.50. The molecular formula is C22H25N3O3. The van der Waals surface area contributed by atoms with E-state index in [2.05, 4.69) is 17.0 Å². The van der Waals surface area contributed by atoms with Crippen molar-refractivity contribution in [2.24, 2.45) is 5.10 Å². The third-order valence-electron chi connectivity index (χ3n) is 4.43. The van der Waals surface area contributed by atoms with Crippen molar-refractivity contribution in [1.29, 1.82) is 0 Å². The molecule has 0 unspecified atom stereocenters. The quantitative estimate of drug-likeness (QED) is 0.435. The van der Waals surface area contributed by atoms with Gasteiger partial charge in [0.2, 0.25) is 0 Å². The summed E-state index contributed by atoms with van der Waals surface area (Å²) in [7, 11) is 1.61. The van der Waals surface area contributed by atoms with Gasteiger partial charge in [0, 0.05) is 0 Å². The third kappa shape index (κ3) is 4.39. The number of unbranched alkanes of at least 4 members (excludes halogenated alkanes) is 2. The average molecular weight is 379 g/mol. The maximum Gasteiger partial charge on any atom is 0.282 e. The van der Waals surface area contributed by atoms with Gasteiger partial charge in [0.05, 0.1) is 30.8 Å². The summed E-state index contributed by atoms with van der Waals surface area (Å²) in [4.78, 5) is 17.1. The SMILES string of the molecule is CCCCCOc1ccc(/C=N/n2c(C)nc3ccccc3c2=O)cc1OC. The smallest absolute Gasteiger partial charge is 0.282 e. The Kier molecular flexibility index (Phi) is 6.42. The van der Waals surface area contributed by atoms with E-state index in [-0.39, 0.29) is 5.56 Å². The van der Waals surface area contributed by atoms with Crippen molar-refractivity contribution in [2.75, 3.05) is 13.7 Å². The Morgan fingerprint density at radius 1 is 1.14 bits per heavy atom. The summed E-state index contributed by atoms with van der Waals surface area (Å²) < 4.78 is 12.5. The standard InChI is InChI=1S/C22H25N3O3/c1-4-5-8-13-28-20-12-11-17(14-21(20)27-3)15-23-25-16(2)24-19-10-7-6-9-18(19)22(25)26/h6-7,9-12,14-15H,4-5,8,13H2,1-3H3/b23-15+. The Morgan fingerprint density at radius 2 is 1.96 bits per heavy atom. The Hall–Kier alpha value is -3.15. The van der Waals surface area contributed by atoms with Crippen LogP contribution in [0.2, 0.25) is 0 Å². The van der Waals surface area contributed by atoms with Crippen LogP contribution in [0.15, 0.2) is 52.4 Å². The van der Waals surface area contributed by atoms with Crippen LogP contribution in [0.1, 0.15) is 37.6 Å². The number of ether oxygens (including phenoxy) is 2. The van der Waals surface area contributed by atoms with E-state index in [4.69, 9.17) is 9.47 Å². The summed E-state index contributed by atoms with van der Waals surface area (Å²) in [6.45, 7) is 4.58. The van der Waals surface area contributed by atoms with Crippen molar-refractivity contribution >= 4 is 17.1 Å². The van der Waals surface area contributed by atoms with Crippen LogP contribution in [0.3, 0.4) is 0 Å². The van der Waals surface area contributed by atoms with Crippen LogP contribution in [-0.4, -0.2) is 29.6 Å². The molecule has 0 spiro atoms. The zero-order valence-corrected chi connectivity index (χ0v) is 16.5. The van der Waals surface area contributed by atoms with Crippen molar-refractivity contribution in [2.45, 2.75) is 33.1 Å². The number of hydrogen-bond donors (Lipinski definition) is 0. The molecule has 0 saturated carbocycles. The van der Waals surface area contributed by atoms with Crippen molar-refractivity contribution in [1.82, 2.24) is 9.66 Å². The molecule has 28 heavy (non-hydrogen) atoms. The summed E-state index contributed by atoms with van der Waals surface area (Å²) in [5.74, 6) is 1.88. The minimum Gasteiger partial charge on any atom is -0.493 e. The molecule has 0 atom stereocenters. The molecule has 0 saturated heterocycles. The molecule has 0 aliphatic carbocycles. The molecule has 0 bridgehead atoms. The molecule has 2 aromatic carbocycles. The lowest BCUT2D eigenvalue weighted by Gasteiger charge is -2.11. The van der Waals surface area contributed by atoms with Gasteiger partial charge in [-0.3, -0.25) is 4.79 Å². The number of methoxy groups -OCH3 is 1. The molecular weight excluding hydrogens is 354 g/mol. The maximum atomic E-state index is 12.7. The Labute approximate surface area is 164 Å². The zero-order chi connectivity index (χ0) is 19.9. The molecule has 6 heteroatoms. The Morgan fingerprint density at radius 3 is 2.75 bits per heavy atom. The molecule has 0 amide bonds. The Bertz CT molecular complexity index is 1040. The molecule has 0 N–H and O–H groups in total. The molecule has 0 fully saturated rings. The van der Waals surface area contributed by atoms with Gasteiger partial charge < -0.3 is 9.47 Å². The highest BCUT2D eigenvalue weighted by Crippen LogP contribution is 2.27. The molecule has 0 aliphatic rings. The van der Waals surface area contributed by atoms with Crippen LogP contribution in [-0.2, 0) is 0 Å². The van der Waals surface area contributed by atoms with Crippen LogP contribution < -0.4 is 15.0 Å². The molecule has 146 valence electrons. The molecule has 0 aliphatic heterocycles. The van der Waals surface area contributed by atoms with Crippen LogP contribution in [0.5, 0.6) is 11.5 Å². The molecule has 6 nitrogen and oxygen atoms in total. The monoisotopic (exact) mass is 379 g/mol. The van der Waals surface area contributed by atoms with Gasteiger partial charge in [-0.2, -0.15) is 9.78 Å². The van der Waals surface area contributed by atoms with Crippen LogP contribution in [0.25, 0.3) is 10.9 Å². The number of fused-ring (bicyclic) bond motifs is 1. The normalized spacial score (nSPS) is 11.2. The lowest BCUT2D eigenvalue weighted by Crippen LogP contribution is -2.20. The Balaban J connectivity index is 1.84. The number of nitrogens with zero attached hydrogens (tertiary/aromatic N) is 3. The van der Waals surface area contributed by atoms with Gasteiger partial charge in [0.25, 0.3) is 5.56 Å². The van der Waals surface area contributed by atoms with Crippen LogP contribution >= 0.6 is 0 Å². The van der Waals surface area contributed by atoms with E-state index in [9.17, 15) is 4.79 Å². The van der Waals surface area contributed by atoms with Gasteiger partial charge in [0.15, 0.2) is 11.5 Å². The number of para-hydroxylation sites is 1. The van der Waals surface area contributed by atoms with E-state index in [1.165, 1.54) is 4.68 Å². The number of rotatable bonds is 8. The van der Waals surface area contributed by atoms with E-state index < -0.39 is 0 Å². The predicted octanol–water partition coefficient (Wildman–Crippen LogP) is 4.16. The van der Waals surface area contributed by atoms with Gasteiger partial charge in [0.1, 0.15) is 5.82 Å². The minimum atomic E-state index is -0.192. The van der Waals surface area contributed by atoms with Gasteiger partial charge in [-0.05, 0) is 49.2 Å². The molecule has 0 radical (unpaired) electrons. The number of aromatic nitrogens is 2. The predicted molar refractivity (Wildman–Crippen MR) is 112 cm³/mol. The molecule has 3 aromatic rings. The lowest BCUT2D eigenvalue weighted by molar-refractivity contribution is 0.286. The van der Waals surface area contributed by atoms with Crippen molar-refractivity contribution in [3.05, 3.63) is 64.2 Å². The van der Waals surface area contributed by atoms with E-state index in [1.54, 1.807) is 26.3 Å². The van der Waals surface area contributed by atoms with Gasteiger partial charge >= 0.3 is 0 Å². The van der Waals surface area contributed by atoms with E-state index in [0.717, 1.165) is 24.8 Å². The second-order valence-electron chi connectivity index (χ2n) is 6.50. The number of hydrogen-bond acceptors (Lipinski definition) is 5. The fourth-order valence-corrected chi connectivity index (χ4v) is 2.91. The highest BCUT2D eigenvalue weighted by molar-refractivity contribution is 5.81. The summed E-state index contributed by atoms with van der Waals surface area (Å²) in [5, 5.41) is 4.88. The highest BCUT2D eigenvalue weighted by Gasteiger charge is 2.08. The summed E-state index contributed by atoms with van der Waals surface area (Å²) >= 11 is 0. The molecule has 1 heterocycles. The van der Waals surface area contributed by atoms with Gasteiger partial charge in [-0.1, -0.05) is 31.9 Å². The molecule has 1 aromatic heterocycles. The van der Waals surface area contributed by atoms with Gasteiger partial charge in [-0.25, -0.2) is 4.98 Å². The highest BCUT2D eigenvalue weighted by atomic mass is 16.5. The third-order valence-corrected chi connectivity index (χ3v) is 4.43. The van der Waals surface area contributed by atoms with Gasteiger partial charge in [-0.15, -0.1) is 0 Å².